The molecule has 1 heterocycles. The molecule has 0 aliphatic heterocycles. The molecule has 2 rings (SSSR count). The van der Waals surface area contributed by atoms with E-state index in [4.69, 9.17) is 5.73 Å². The third-order valence-electron chi connectivity index (χ3n) is 2.52. The molecule has 4 heteroatoms. The molecule has 78 valence electrons. The number of benzene rings is 1. The zero-order valence-corrected chi connectivity index (χ0v) is 9.64. The van der Waals surface area contributed by atoms with Crippen molar-refractivity contribution in [1.82, 2.24) is 9.59 Å². The summed E-state index contributed by atoms with van der Waals surface area (Å²) in [6.07, 6.45) is 0. The van der Waals surface area contributed by atoms with Crippen LogP contribution in [0.1, 0.15) is 16.0 Å². The van der Waals surface area contributed by atoms with Crippen LogP contribution in [0, 0.1) is 13.8 Å². The maximum Gasteiger partial charge on any atom is 0.110 e. The Morgan fingerprint density at radius 2 is 2.07 bits per heavy atom. The van der Waals surface area contributed by atoms with Crippen LogP contribution in [-0.2, 0) is 6.54 Å². The molecule has 0 saturated carbocycles. The third kappa shape index (κ3) is 1.91. The molecule has 3 nitrogen and oxygen atoms in total. The van der Waals surface area contributed by atoms with Crippen molar-refractivity contribution in [1.29, 1.82) is 0 Å². The molecule has 0 bridgehead atoms. The molecule has 0 aliphatic carbocycles. The standard InChI is InChI=1S/C11H13N3S/c1-7-3-4-9(5-8(7)2)11-10(6-12)15-14-13-11/h3-5H,6,12H2,1-2H3. The monoisotopic (exact) mass is 219 g/mol. The summed E-state index contributed by atoms with van der Waals surface area (Å²) in [6, 6.07) is 6.30. The summed E-state index contributed by atoms with van der Waals surface area (Å²) in [5.74, 6) is 0. The summed E-state index contributed by atoms with van der Waals surface area (Å²) < 4.78 is 3.93. The average molecular weight is 219 g/mol. The Labute approximate surface area is 93.1 Å². The Balaban J connectivity index is 2.50. The van der Waals surface area contributed by atoms with Crippen LogP contribution in [0.4, 0.5) is 0 Å². The van der Waals surface area contributed by atoms with Crippen molar-refractivity contribution in [2.45, 2.75) is 20.4 Å². The molecular formula is C11H13N3S. The Morgan fingerprint density at radius 3 is 2.73 bits per heavy atom. The van der Waals surface area contributed by atoms with Gasteiger partial charge < -0.3 is 5.73 Å². The molecule has 0 unspecified atom stereocenters. The van der Waals surface area contributed by atoms with Gasteiger partial charge in [-0.1, -0.05) is 16.6 Å². The zero-order chi connectivity index (χ0) is 10.8. The Bertz CT molecular complexity index is 476. The molecule has 0 fully saturated rings. The SMILES string of the molecule is Cc1ccc(-c2nnsc2CN)cc1C. The summed E-state index contributed by atoms with van der Waals surface area (Å²) in [7, 11) is 0. The fraction of sp³-hybridized carbons (Fsp3) is 0.273. The highest BCUT2D eigenvalue weighted by Crippen LogP contribution is 2.25. The number of aromatic nitrogens is 2. The molecule has 0 aliphatic rings. The van der Waals surface area contributed by atoms with Crippen molar-refractivity contribution in [3.8, 4) is 11.3 Å². The Kier molecular flexibility index (Phi) is 2.79. The van der Waals surface area contributed by atoms with Gasteiger partial charge in [-0.3, -0.25) is 0 Å². The van der Waals surface area contributed by atoms with E-state index < -0.39 is 0 Å². The average Bonchev–Trinajstić information content (AvgIpc) is 2.70. The van der Waals surface area contributed by atoms with Gasteiger partial charge >= 0.3 is 0 Å². The minimum Gasteiger partial charge on any atom is -0.326 e. The van der Waals surface area contributed by atoms with E-state index in [-0.39, 0.29) is 0 Å². The van der Waals surface area contributed by atoms with Crippen molar-refractivity contribution >= 4 is 11.5 Å². The second-order valence-electron chi connectivity index (χ2n) is 3.55. The van der Waals surface area contributed by atoms with E-state index in [1.54, 1.807) is 0 Å². The van der Waals surface area contributed by atoms with Crippen LogP contribution < -0.4 is 5.73 Å². The normalized spacial score (nSPS) is 10.6. The van der Waals surface area contributed by atoms with Gasteiger partial charge in [0.1, 0.15) is 5.69 Å². The van der Waals surface area contributed by atoms with Gasteiger partial charge in [-0.2, -0.15) is 0 Å². The van der Waals surface area contributed by atoms with E-state index in [0.29, 0.717) is 6.54 Å². The molecule has 0 saturated heterocycles. The smallest absolute Gasteiger partial charge is 0.110 e. The van der Waals surface area contributed by atoms with E-state index in [2.05, 4.69) is 41.6 Å². The summed E-state index contributed by atoms with van der Waals surface area (Å²) in [6.45, 7) is 4.70. The zero-order valence-electron chi connectivity index (χ0n) is 8.82. The van der Waals surface area contributed by atoms with Crippen molar-refractivity contribution in [2.75, 3.05) is 0 Å². The number of nitrogens with two attached hydrogens (primary N) is 1. The van der Waals surface area contributed by atoms with Crippen LogP contribution >= 0.6 is 11.5 Å². The minimum absolute atomic E-state index is 0.500. The maximum atomic E-state index is 5.63. The van der Waals surface area contributed by atoms with Crippen LogP contribution in [0.25, 0.3) is 11.3 Å². The number of nitrogens with zero attached hydrogens (tertiary/aromatic N) is 2. The van der Waals surface area contributed by atoms with Crippen molar-refractivity contribution in [3.63, 3.8) is 0 Å². The highest BCUT2D eigenvalue weighted by molar-refractivity contribution is 7.05. The van der Waals surface area contributed by atoms with Crippen LogP contribution in [0.3, 0.4) is 0 Å². The second kappa shape index (κ2) is 4.08. The van der Waals surface area contributed by atoms with Gasteiger partial charge in [-0.05, 0) is 42.6 Å². The highest BCUT2D eigenvalue weighted by atomic mass is 32.1. The third-order valence-corrected chi connectivity index (χ3v) is 3.27. The lowest BCUT2D eigenvalue weighted by Crippen LogP contribution is -1.96. The first-order valence-electron chi connectivity index (χ1n) is 4.81. The van der Waals surface area contributed by atoms with Gasteiger partial charge in [0, 0.05) is 12.1 Å². The Morgan fingerprint density at radius 1 is 1.27 bits per heavy atom. The molecule has 2 N–H and O–H groups in total. The summed E-state index contributed by atoms with van der Waals surface area (Å²) in [5.41, 5.74) is 10.2. The van der Waals surface area contributed by atoms with E-state index >= 15 is 0 Å². The topological polar surface area (TPSA) is 51.8 Å². The van der Waals surface area contributed by atoms with Crippen LogP contribution in [0.15, 0.2) is 18.2 Å². The fourth-order valence-corrected chi connectivity index (χ4v) is 1.99. The molecule has 0 amide bonds. The molecule has 0 radical (unpaired) electrons. The number of hydrogen-bond acceptors (Lipinski definition) is 4. The van der Waals surface area contributed by atoms with Crippen LogP contribution in [0.2, 0.25) is 0 Å². The van der Waals surface area contributed by atoms with E-state index in [9.17, 15) is 0 Å². The van der Waals surface area contributed by atoms with Gasteiger partial charge in [0.2, 0.25) is 0 Å². The molecule has 2 aromatic rings. The predicted octanol–water partition coefficient (Wildman–Crippen LogP) is 2.28. The molecule has 15 heavy (non-hydrogen) atoms. The first-order valence-corrected chi connectivity index (χ1v) is 5.58. The van der Waals surface area contributed by atoms with Crippen LogP contribution in [-0.4, -0.2) is 9.59 Å². The van der Waals surface area contributed by atoms with Gasteiger partial charge in [0.25, 0.3) is 0 Å². The Hall–Kier alpha value is -1.26. The molecule has 0 atom stereocenters. The first kappa shape index (κ1) is 10.3. The lowest BCUT2D eigenvalue weighted by Gasteiger charge is -2.03. The van der Waals surface area contributed by atoms with E-state index in [1.165, 1.54) is 22.7 Å². The van der Waals surface area contributed by atoms with E-state index in [1.807, 2.05) is 0 Å². The molecule has 1 aromatic carbocycles. The van der Waals surface area contributed by atoms with Gasteiger partial charge in [-0.15, -0.1) is 5.10 Å². The van der Waals surface area contributed by atoms with Crippen molar-refractivity contribution in [3.05, 3.63) is 34.2 Å². The fourth-order valence-electron chi connectivity index (χ4n) is 1.45. The van der Waals surface area contributed by atoms with Crippen LogP contribution in [0.5, 0.6) is 0 Å². The minimum atomic E-state index is 0.500. The molecule has 1 aromatic heterocycles. The predicted molar refractivity (Wildman–Crippen MR) is 62.7 cm³/mol. The summed E-state index contributed by atoms with van der Waals surface area (Å²) in [4.78, 5) is 1.04. The van der Waals surface area contributed by atoms with E-state index in [0.717, 1.165) is 16.1 Å². The quantitative estimate of drug-likeness (QED) is 0.843. The van der Waals surface area contributed by atoms with Crippen molar-refractivity contribution < 1.29 is 0 Å². The lowest BCUT2D eigenvalue weighted by molar-refractivity contribution is 1.08. The second-order valence-corrected chi connectivity index (χ2v) is 4.39. The maximum absolute atomic E-state index is 5.63. The number of aryl methyl sites for hydroxylation is 2. The number of rotatable bonds is 2. The largest absolute Gasteiger partial charge is 0.326 e. The highest BCUT2D eigenvalue weighted by Gasteiger charge is 2.09. The van der Waals surface area contributed by atoms with Gasteiger partial charge in [0.05, 0.1) is 4.88 Å². The molecular weight excluding hydrogens is 206 g/mol. The first-order chi connectivity index (χ1) is 7.22. The number of hydrogen-bond donors (Lipinski definition) is 1. The van der Waals surface area contributed by atoms with Crippen molar-refractivity contribution in [2.24, 2.45) is 5.73 Å². The van der Waals surface area contributed by atoms with Gasteiger partial charge in [0.15, 0.2) is 0 Å². The summed E-state index contributed by atoms with van der Waals surface area (Å²) in [5, 5.41) is 4.12. The molecule has 0 spiro atoms. The van der Waals surface area contributed by atoms with Gasteiger partial charge in [-0.25, -0.2) is 0 Å². The lowest BCUT2D eigenvalue weighted by atomic mass is 10.0. The summed E-state index contributed by atoms with van der Waals surface area (Å²) >= 11 is 1.37.